The summed E-state index contributed by atoms with van der Waals surface area (Å²) in [6.07, 6.45) is 1.08. The van der Waals surface area contributed by atoms with Crippen molar-refractivity contribution in [2.24, 2.45) is 0 Å². The van der Waals surface area contributed by atoms with Crippen molar-refractivity contribution in [3.8, 4) is 11.5 Å². The van der Waals surface area contributed by atoms with Crippen molar-refractivity contribution in [1.29, 1.82) is 0 Å². The number of amides is 2. The number of hydrogen-bond acceptors (Lipinski definition) is 6. The van der Waals surface area contributed by atoms with Crippen molar-refractivity contribution in [2.45, 2.75) is 58.0 Å². The van der Waals surface area contributed by atoms with Crippen molar-refractivity contribution in [1.82, 2.24) is 10.2 Å². The Morgan fingerprint density at radius 2 is 1.67 bits per heavy atom. The SMILES string of the molecule is CCCNC(=O)C(CC)N(Cc1cccc(OC)c1)C(=O)CN(c1ccccc1OCC)S(=O)(=O)c1ccc(C)cc1. The van der Waals surface area contributed by atoms with Crippen LogP contribution >= 0.6 is 0 Å². The Morgan fingerprint density at radius 1 is 0.952 bits per heavy atom. The van der Waals surface area contributed by atoms with E-state index in [2.05, 4.69) is 5.32 Å². The Kier molecular flexibility index (Phi) is 11.8. The summed E-state index contributed by atoms with van der Waals surface area (Å²) in [4.78, 5) is 29.0. The molecule has 2 amide bonds. The normalized spacial score (nSPS) is 11.8. The molecule has 0 bridgehead atoms. The van der Waals surface area contributed by atoms with Gasteiger partial charge in [0.25, 0.3) is 10.0 Å². The van der Waals surface area contributed by atoms with Gasteiger partial charge in [0, 0.05) is 13.1 Å². The van der Waals surface area contributed by atoms with E-state index in [4.69, 9.17) is 9.47 Å². The van der Waals surface area contributed by atoms with Crippen LogP contribution in [0.2, 0.25) is 0 Å². The molecule has 0 fully saturated rings. The minimum Gasteiger partial charge on any atom is -0.497 e. The Bertz CT molecular complexity index is 1440. The standard InChI is InChI=1S/C32H41N3O6S/c1-6-20-33-32(37)28(7-2)34(22-25-12-11-13-26(21-25)40-5)31(36)23-35(29-14-9-10-15-30(29)41-8-3)42(38,39)27-18-16-24(4)17-19-27/h9-19,21,28H,6-8,20,22-23H2,1-5H3,(H,33,37). The molecule has 1 N–H and O–H groups in total. The van der Waals surface area contributed by atoms with E-state index in [1.54, 1.807) is 68.6 Å². The van der Waals surface area contributed by atoms with Gasteiger partial charge in [0.2, 0.25) is 11.8 Å². The van der Waals surface area contributed by atoms with Crippen molar-refractivity contribution in [2.75, 3.05) is 31.1 Å². The molecular formula is C32H41N3O6S. The minimum absolute atomic E-state index is 0.0410. The molecule has 10 heteroatoms. The second-order valence-corrected chi connectivity index (χ2v) is 11.7. The van der Waals surface area contributed by atoms with Crippen molar-refractivity contribution < 1.29 is 27.5 Å². The number of carbonyl (C=O) groups excluding carboxylic acids is 2. The van der Waals surface area contributed by atoms with Gasteiger partial charge in [0.1, 0.15) is 24.1 Å². The van der Waals surface area contributed by atoms with E-state index in [9.17, 15) is 18.0 Å². The maximum atomic E-state index is 14.2. The summed E-state index contributed by atoms with van der Waals surface area (Å²) in [6, 6.07) is 19.6. The van der Waals surface area contributed by atoms with Crippen molar-refractivity contribution in [3.63, 3.8) is 0 Å². The average molecular weight is 596 g/mol. The van der Waals surface area contributed by atoms with Crippen molar-refractivity contribution >= 4 is 27.5 Å². The maximum absolute atomic E-state index is 14.2. The van der Waals surface area contributed by atoms with Crippen LogP contribution < -0.4 is 19.1 Å². The highest BCUT2D eigenvalue weighted by Gasteiger charge is 2.34. The zero-order chi connectivity index (χ0) is 30.7. The Hall–Kier alpha value is -4.05. The molecule has 3 aromatic carbocycles. The fraction of sp³-hybridized carbons (Fsp3) is 0.375. The monoisotopic (exact) mass is 595 g/mol. The summed E-state index contributed by atoms with van der Waals surface area (Å²) >= 11 is 0. The van der Waals surface area contributed by atoms with Gasteiger partial charge in [0.05, 0.1) is 24.3 Å². The molecule has 1 atom stereocenters. The first-order chi connectivity index (χ1) is 20.2. The lowest BCUT2D eigenvalue weighted by molar-refractivity contribution is -0.140. The molecule has 226 valence electrons. The van der Waals surface area contributed by atoms with Gasteiger partial charge in [-0.15, -0.1) is 0 Å². The number of anilines is 1. The first-order valence-electron chi connectivity index (χ1n) is 14.2. The molecule has 0 heterocycles. The van der Waals surface area contributed by atoms with Crippen LogP contribution in [-0.4, -0.2) is 58.0 Å². The zero-order valence-electron chi connectivity index (χ0n) is 25.0. The number of nitrogens with one attached hydrogen (secondary N) is 1. The van der Waals surface area contributed by atoms with Crippen LogP contribution in [0.3, 0.4) is 0 Å². The summed E-state index contributed by atoms with van der Waals surface area (Å²) in [7, 11) is -2.65. The molecule has 0 aromatic heterocycles. The minimum atomic E-state index is -4.21. The second-order valence-electron chi connectivity index (χ2n) is 9.81. The van der Waals surface area contributed by atoms with Gasteiger partial charge < -0.3 is 19.7 Å². The summed E-state index contributed by atoms with van der Waals surface area (Å²) in [5.41, 5.74) is 1.88. The highest BCUT2D eigenvalue weighted by atomic mass is 32.2. The van der Waals surface area contributed by atoms with Crippen LogP contribution in [-0.2, 0) is 26.2 Å². The van der Waals surface area contributed by atoms with E-state index >= 15 is 0 Å². The number of carbonyl (C=O) groups is 2. The van der Waals surface area contributed by atoms with Crippen LogP contribution in [0.4, 0.5) is 5.69 Å². The fourth-order valence-corrected chi connectivity index (χ4v) is 5.97. The topological polar surface area (TPSA) is 105 Å². The molecule has 42 heavy (non-hydrogen) atoms. The van der Waals surface area contributed by atoms with Gasteiger partial charge in [-0.05, 0) is 68.7 Å². The number of methoxy groups -OCH3 is 1. The molecule has 3 aromatic rings. The molecule has 0 saturated carbocycles. The number of nitrogens with zero attached hydrogens (tertiary/aromatic N) is 2. The number of sulfonamides is 1. The molecule has 0 radical (unpaired) electrons. The summed E-state index contributed by atoms with van der Waals surface area (Å²) in [6.45, 7) is 7.76. The maximum Gasteiger partial charge on any atom is 0.264 e. The predicted molar refractivity (Wildman–Crippen MR) is 164 cm³/mol. The van der Waals surface area contributed by atoms with Gasteiger partial charge in [-0.2, -0.15) is 0 Å². The molecule has 3 rings (SSSR count). The van der Waals surface area contributed by atoms with E-state index in [0.717, 1.165) is 21.9 Å². The number of hydrogen-bond donors (Lipinski definition) is 1. The number of benzene rings is 3. The first-order valence-corrected chi connectivity index (χ1v) is 15.6. The lowest BCUT2D eigenvalue weighted by atomic mass is 10.1. The van der Waals surface area contributed by atoms with Gasteiger partial charge in [-0.25, -0.2) is 8.42 Å². The molecule has 9 nitrogen and oxygen atoms in total. The third kappa shape index (κ3) is 8.03. The van der Waals surface area contributed by atoms with Crippen molar-refractivity contribution in [3.05, 3.63) is 83.9 Å². The Balaban J connectivity index is 2.11. The van der Waals surface area contributed by atoms with Crippen LogP contribution in [0, 0.1) is 6.92 Å². The summed E-state index contributed by atoms with van der Waals surface area (Å²) < 4.78 is 40.4. The predicted octanol–water partition coefficient (Wildman–Crippen LogP) is 4.93. The van der Waals surface area contributed by atoms with Crippen LogP contribution in [0.25, 0.3) is 0 Å². The molecule has 0 aliphatic rings. The second kappa shape index (κ2) is 15.3. The van der Waals surface area contributed by atoms with Gasteiger partial charge >= 0.3 is 0 Å². The molecule has 0 aliphatic carbocycles. The zero-order valence-corrected chi connectivity index (χ0v) is 25.8. The Labute approximate surface area is 249 Å². The van der Waals surface area contributed by atoms with E-state index < -0.39 is 28.5 Å². The third-order valence-electron chi connectivity index (χ3n) is 6.74. The van der Waals surface area contributed by atoms with Crippen LogP contribution in [0.1, 0.15) is 44.7 Å². The quantitative estimate of drug-likeness (QED) is 0.267. The molecular weight excluding hydrogens is 554 g/mol. The molecule has 0 spiro atoms. The van der Waals surface area contributed by atoms with Gasteiger partial charge in [-0.3, -0.25) is 13.9 Å². The molecule has 1 unspecified atom stereocenters. The largest absolute Gasteiger partial charge is 0.497 e. The highest BCUT2D eigenvalue weighted by molar-refractivity contribution is 7.92. The summed E-state index contributed by atoms with van der Waals surface area (Å²) in [5, 5.41) is 2.89. The average Bonchev–Trinajstić information content (AvgIpc) is 2.99. The summed E-state index contributed by atoms with van der Waals surface area (Å²) in [5.74, 6) is 0.115. The number of ether oxygens (including phenoxy) is 2. The van der Waals surface area contributed by atoms with Gasteiger partial charge in [-0.1, -0.05) is 55.8 Å². The molecule has 0 aliphatic heterocycles. The first kappa shape index (κ1) is 32.5. The lowest BCUT2D eigenvalue weighted by Crippen LogP contribution is -2.52. The third-order valence-corrected chi connectivity index (χ3v) is 8.52. The lowest BCUT2D eigenvalue weighted by Gasteiger charge is -2.33. The highest BCUT2D eigenvalue weighted by Crippen LogP contribution is 2.33. The van der Waals surface area contributed by atoms with E-state index in [1.165, 1.54) is 17.0 Å². The Morgan fingerprint density at radius 3 is 2.31 bits per heavy atom. The number of rotatable bonds is 15. The van der Waals surface area contributed by atoms with E-state index in [1.807, 2.05) is 26.8 Å². The van der Waals surface area contributed by atoms with E-state index in [-0.39, 0.29) is 23.0 Å². The van der Waals surface area contributed by atoms with E-state index in [0.29, 0.717) is 31.1 Å². The van der Waals surface area contributed by atoms with Crippen LogP contribution in [0.5, 0.6) is 11.5 Å². The number of aryl methyl sites for hydroxylation is 1. The molecule has 0 saturated heterocycles. The fourth-order valence-electron chi connectivity index (χ4n) is 4.54. The smallest absolute Gasteiger partial charge is 0.264 e. The van der Waals surface area contributed by atoms with Gasteiger partial charge in [0.15, 0.2) is 0 Å². The number of para-hydroxylation sites is 2. The van der Waals surface area contributed by atoms with Crippen LogP contribution in [0.15, 0.2) is 77.7 Å².